The van der Waals surface area contributed by atoms with Gasteiger partial charge in [0.1, 0.15) is 18.1 Å². The van der Waals surface area contributed by atoms with Crippen molar-refractivity contribution in [1.29, 1.82) is 0 Å². The van der Waals surface area contributed by atoms with Crippen molar-refractivity contribution in [2.24, 2.45) is 0 Å². The normalized spacial score (nSPS) is 15.8. The molecule has 1 atom stereocenters. The van der Waals surface area contributed by atoms with Crippen LogP contribution in [0.5, 0.6) is 11.5 Å². The maximum absolute atomic E-state index is 12.2. The summed E-state index contributed by atoms with van der Waals surface area (Å²) in [7, 11) is 1.62. The fraction of sp³-hybridized carbons (Fsp3) is 0.278. The third kappa shape index (κ3) is 3.99. The first kappa shape index (κ1) is 15.7. The van der Waals surface area contributed by atoms with Gasteiger partial charge >= 0.3 is 0 Å². The molecule has 5 heteroatoms. The summed E-state index contributed by atoms with van der Waals surface area (Å²) in [5, 5.41) is 2.90. The van der Waals surface area contributed by atoms with Crippen molar-refractivity contribution in [2.45, 2.75) is 16.6 Å². The molecule has 0 radical (unpaired) electrons. The van der Waals surface area contributed by atoms with Crippen molar-refractivity contribution >= 4 is 17.7 Å². The van der Waals surface area contributed by atoms with Gasteiger partial charge in [-0.25, -0.2) is 0 Å². The minimum atomic E-state index is -0.0378. The van der Waals surface area contributed by atoms with E-state index in [0.717, 1.165) is 17.9 Å². The highest BCUT2D eigenvalue weighted by Gasteiger charge is 2.27. The molecule has 3 rings (SSSR count). The molecule has 0 bridgehead atoms. The van der Waals surface area contributed by atoms with Gasteiger partial charge in [0.2, 0.25) is 5.91 Å². The summed E-state index contributed by atoms with van der Waals surface area (Å²) < 4.78 is 10.8. The van der Waals surface area contributed by atoms with Crippen LogP contribution in [0.1, 0.15) is 5.56 Å². The van der Waals surface area contributed by atoms with E-state index in [1.807, 2.05) is 36.4 Å². The summed E-state index contributed by atoms with van der Waals surface area (Å²) >= 11 is 1.63. The van der Waals surface area contributed by atoms with Crippen LogP contribution >= 0.6 is 11.8 Å². The number of amides is 1. The first-order valence-electron chi connectivity index (χ1n) is 7.55. The molecule has 1 heterocycles. The van der Waals surface area contributed by atoms with Crippen LogP contribution in [0.2, 0.25) is 0 Å². The van der Waals surface area contributed by atoms with E-state index in [-0.39, 0.29) is 11.2 Å². The Morgan fingerprint density at radius 1 is 1.22 bits per heavy atom. The van der Waals surface area contributed by atoms with Gasteiger partial charge in [0.05, 0.1) is 18.9 Å². The van der Waals surface area contributed by atoms with Crippen LogP contribution < -0.4 is 14.8 Å². The van der Waals surface area contributed by atoms with Crippen molar-refractivity contribution in [1.82, 2.24) is 5.32 Å². The van der Waals surface area contributed by atoms with Gasteiger partial charge in [-0.1, -0.05) is 24.3 Å². The zero-order valence-corrected chi connectivity index (χ0v) is 13.8. The highest BCUT2D eigenvalue weighted by Crippen LogP contribution is 2.36. The van der Waals surface area contributed by atoms with Crippen molar-refractivity contribution in [2.75, 3.05) is 20.3 Å². The molecule has 0 aliphatic carbocycles. The highest BCUT2D eigenvalue weighted by molar-refractivity contribution is 8.01. The molecular formula is C18H19NO3S. The zero-order valence-electron chi connectivity index (χ0n) is 13.0. The standard InChI is InChI=1S/C18H19NO3S/c1-21-14-6-4-7-15(12-14)22-10-9-19-18(20)17-11-13-5-2-3-8-16(13)23-17/h2-8,12,17H,9-11H2,1H3,(H,19,20). The van der Waals surface area contributed by atoms with Crippen LogP contribution in [0.4, 0.5) is 0 Å². The van der Waals surface area contributed by atoms with E-state index in [2.05, 4.69) is 17.4 Å². The summed E-state index contributed by atoms with van der Waals surface area (Å²) in [6.45, 7) is 0.923. The van der Waals surface area contributed by atoms with Crippen LogP contribution in [0.3, 0.4) is 0 Å². The molecule has 120 valence electrons. The molecule has 2 aromatic rings. The molecule has 1 aliphatic rings. The Balaban J connectivity index is 1.42. The van der Waals surface area contributed by atoms with Crippen molar-refractivity contribution in [3.05, 3.63) is 54.1 Å². The Kier molecular flexibility index (Phi) is 5.08. The molecule has 4 nitrogen and oxygen atoms in total. The second-order valence-electron chi connectivity index (χ2n) is 5.24. The number of nitrogens with one attached hydrogen (secondary N) is 1. The maximum atomic E-state index is 12.2. The number of benzene rings is 2. The fourth-order valence-electron chi connectivity index (χ4n) is 2.48. The first-order chi connectivity index (χ1) is 11.3. The van der Waals surface area contributed by atoms with Crippen molar-refractivity contribution < 1.29 is 14.3 Å². The van der Waals surface area contributed by atoms with Gasteiger partial charge in [0, 0.05) is 11.0 Å². The summed E-state index contributed by atoms with van der Waals surface area (Å²) in [6.07, 6.45) is 0.795. The molecule has 1 unspecified atom stereocenters. The molecule has 1 amide bonds. The van der Waals surface area contributed by atoms with E-state index in [9.17, 15) is 4.79 Å². The van der Waals surface area contributed by atoms with Gasteiger partial charge in [-0.3, -0.25) is 4.79 Å². The highest BCUT2D eigenvalue weighted by atomic mass is 32.2. The SMILES string of the molecule is COc1cccc(OCCNC(=O)C2Cc3ccccc3S2)c1. The number of rotatable bonds is 6. The van der Waals surface area contributed by atoms with E-state index in [4.69, 9.17) is 9.47 Å². The average molecular weight is 329 g/mol. The minimum Gasteiger partial charge on any atom is -0.497 e. The van der Waals surface area contributed by atoms with E-state index in [1.54, 1.807) is 18.9 Å². The fourth-order valence-corrected chi connectivity index (χ4v) is 3.70. The Hall–Kier alpha value is -2.14. The summed E-state index contributed by atoms with van der Waals surface area (Å²) in [6, 6.07) is 15.6. The molecule has 2 aromatic carbocycles. The Morgan fingerprint density at radius 3 is 2.87 bits per heavy atom. The third-order valence-corrected chi connectivity index (χ3v) is 4.97. The smallest absolute Gasteiger partial charge is 0.233 e. The average Bonchev–Trinajstić information content (AvgIpc) is 3.03. The summed E-state index contributed by atoms with van der Waals surface area (Å²) in [5.41, 5.74) is 1.25. The topological polar surface area (TPSA) is 47.6 Å². The lowest BCUT2D eigenvalue weighted by Gasteiger charge is -2.11. The van der Waals surface area contributed by atoms with Crippen LogP contribution in [0.25, 0.3) is 0 Å². The molecule has 0 aromatic heterocycles. The van der Waals surface area contributed by atoms with Crippen LogP contribution in [-0.2, 0) is 11.2 Å². The molecule has 0 saturated heterocycles. The minimum absolute atomic E-state index is 0.0378. The van der Waals surface area contributed by atoms with E-state index < -0.39 is 0 Å². The van der Waals surface area contributed by atoms with Gasteiger partial charge in [0.25, 0.3) is 0 Å². The van der Waals surface area contributed by atoms with Gasteiger partial charge < -0.3 is 14.8 Å². The predicted molar refractivity (Wildman–Crippen MR) is 91.3 cm³/mol. The number of fused-ring (bicyclic) bond motifs is 1. The maximum Gasteiger partial charge on any atom is 0.233 e. The number of hydrogen-bond acceptors (Lipinski definition) is 4. The largest absolute Gasteiger partial charge is 0.497 e. The van der Waals surface area contributed by atoms with Crippen LogP contribution in [0, 0.1) is 0 Å². The second-order valence-corrected chi connectivity index (χ2v) is 6.48. The van der Waals surface area contributed by atoms with Gasteiger partial charge in [-0.2, -0.15) is 0 Å². The molecule has 23 heavy (non-hydrogen) atoms. The van der Waals surface area contributed by atoms with Crippen LogP contribution in [-0.4, -0.2) is 31.4 Å². The molecule has 0 spiro atoms. The third-order valence-electron chi connectivity index (χ3n) is 3.65. The van der Waals surface area contributed by atoms with Gasteiger partial charge in [-0.05, 0) is 30.2 Å². The number of carbonyl (C=O) groups excluding carboxylic acids is 1. The summed E-state index contributed by atoms with van der Waals surface area (Å²) in [5.74, 6) is 1.56. The molecular weight excluding hydrogens is 310 g/mol. The lowest BCUT2D eigenvalue weighted by atomic mass is 10.1. The van der Waals surface area contributed by atoms with E-state index >= 15 is 0 Å². The number of thioether (sulfide) groups is 1. The lowest BCUT2D eigenvalue weighted by Crippen LogP contribution is -2.35. The molecule has 0 fully saturated rings. The van der Waals surface area contributed by atoms with Gasteiger partial charge in [0.15, 0.2) is 0 Å². The summed E-state index contributed by atoms with van der Waals surface area (Å²) in [4.78, 5) is 13.4. The quantitative estimate of drug-likeness (QED) is 0.828. The van der Waals surface area contributed by atoms with Crippen molar-refractivity contribution in [3.63, 3.8) is 0 Å². The van der Waals surface area contributed by atoms with Gasteiger partial charge in [-0.15, -0.1) is 11.8 Å². The monoisotopic (exact) mass is 329 g/mol. The Labute approximate surface area is 140 Å². The number of methoxy groups -OCH3 is 1. The number of carbonyl (C=O) groups is 1. The molecule has 0 saturated carbocycles. The predicted octanol–water partition coefficient (Wildman–Crippen LogP) is 2.91. The van der Waals surface area contributed by atoms with E-state index in [0.29, 0.717) is 13.2 Å². The first-order valence-corrected chi connectivity index (χ1v) is 8.43. The zero-order chi connectivity index (χ0) is 16.1. The number of hydrogen-bond donors (Lipinski definition) is 1. The lowest BCUT2D eigenvalue weighted by molar-refractivity contribution is -0.120. The van der Waals surface area contributed by atoms with Crippen LogP contribution in [0.15, 0.2) is 53.4 Å². The number of ether oxygens (including phenoxy) is 2. The Bertz CT molecular complexity index is 664. The molecule has 1 N–H and O–H groups in total. The Morgan fingerprint density at radius 2 is 2.04 bits per heavy atom. The molecule has 1 aliphatic heterocycles. The van der Waals surface area contributed by atoms with E-state index in [1.165, 1.54) is 10.5 Å². The van der Waals surface area contributed by atoms with Crippen molar-refractivity contribution in [3.8, 4) is 11.5 Å². The second kappa shape index (κ2) is 7.42.